The Bertz CT molecular complexity index is 561. The standard InChI is InChI=1S/C13H14F3N3O/c1-8(17)6-12-18-11(19-20-12)7-9-2-4-10(5-3-9)13(14,15)16/h2-5,8H,6-7,17H2,1H3. The largest absolute Gasteiger partial charge is 0.416 e. The summed E-state index contributed by atoms with van der Waals surface area (Å²) in [7, 11) is 0. The Morgan fingerprint density at radius 1 is 1.25 bits per heavy atom. The van der Waals surface area contributed by atoms with Gasteiger partial charge in [0, 0.05) is 18.9 Å². The molecule has 108 valence electrons. The van der Waals surface area contributed by atoms with E-state index in [1.807, 2.05) is 6.92 Å². The lowest BCUT2D eigenvalue weighted by Gasteiger charge is -2.06. The number of alkyl halides is 3. The summed E-state index contributed by atoms with van der Waals surface area (Å²) in [5, 5.41) is 3.77. The normalized spacial score (nSPS) is 13.4. The lowest BCUT2D eigenvalue weighted by Crippen LogP contribution is -2.17. The maximum Gasteiger partial charge on any atom is 0.416 e. The van der Waals surface area contributed by atoms with Crippen LogP contribution in [0.15, 0.2) is 28.8 Å². The zero-order valence-electron chi connectivity index (χ0n) is 10.8. The molecular weight excluding hydrogens is 271 g/mol. The maximum absolute atomic E-state index is 12.4. The number of nitrogens with two attached hydrogens (primary N) is 1. The Morgan fingerprint density at radius 3 is 2.45 bits per heavy atom. The lowest BCUT2D eigenvalue weighted by atomic mass is 10.1. The quantitative estimate of drug-likeness (QED) is 0.937. The van der Waals surface area contributed by atoms with Gasteiger partial charge in [0.2, 0.25) is 5.89 Å². The molecular formula is C13H14F3N3O. The highest BCUT2D eigenvalue weighted by Crippen LogP contribution is 2.29. The van der Waals surface area contributed by atoms with Crippen LogP contribution in [-0.4, -0.2) is 16.2 Å². The molecule has 20 heavy (non-hydrogen) atoms. The van der Waals surface area contributed by atoms with E-state index >= 15 is 0 Å². The molecule has 0 amide bonds. The van der Waals surface area contributed by atoms with Gasteiger partial charge in [0.25, 0.3) is 0 Å². The monoisotopic (exact) mass is 285 g/mol. The van der Waals surface area contributed by atoms with Crippen molar-refractivity contribution >= 4 is 0 Å². The topological polar surface area (TPSA) is 64.9 Å². The van der Waals surface area contributed by atoms with Crippen LogP contribution in [0.25, 0.3) is 0 Å². The first kappa shape index (κ1) is 14.5. The van der Waals surface area contributed by atoms with Crippen LogP contribution >= 0.6 is 0 Å². The molecule has 0 aliphatic rings. The van der Waals surface area contributed by atoms with Gasteiger partial charge in [0.15, 0.2) is 5.82 Å². The third-order valence-corrected chi connectivity index (χ3v) is 2.65. The number of halogens is 3. The second-order valence-electron chi connectivity index (χ2n) is 4.66. The van der Waals surface area contributed by atoms with Crippen LogP contribution in [0.1, 0.15) is 29.8 Å². The molecule has 2 rings (SSSR count). The van der Waals surface area contributed by atoms with E-state index in [1.54, 1.807) is 0 Å². The summed E-state index contributed by atoms with van der Waals surface area (Å²) in [5.41, 5.74) is 5.62. The minimum absolute atomic E-state index is 0.0885. The number of aromatic nitrogens is 2. The van der Waals surface area contributed by atoms with Crippen LogP contribution in [0.3, 0.4) is 0 Å². The molecule has 1 aromatic heterocycles. The van der Waals surface area contributed by atoms with Crippen molar-refractivity contribution in [1.29, 1.82) is 0 Å². The van der Waals surface area contributed by atoms with Crippen molar-refractivity contribution in [3.8, 4) is 0 Å². The fourth-order valence-corrected chi connectivity index (χ4v) is 1.71. The summed E-state index contributed by atoms with van der Waals surface area (Å²) in [5.74, 6) is 0.863. The zero-order chi connectivity index (χ0) is 14.8. The summed E-state index contributed by atoms with van der Waals surface area (Å²) in [6, 6.07) is 4.81. The number of rotatable bonds is 4. The molecule has 1 atom stereocenters. The molecule has 1 heterocycles. The van der Waals surface area contributed by atoms with Gasteiger partial charge in [-0.2, -0.15) is 18.2 Å². The highest BCUT2D eigenvalue weighted by atomic mass is 19.4. The zero-order valence-corrected chi connectivity index (χ0v) is 10.8. The predicted molar refractivity (Wildman–Crippen MR) is 65.9 cm³/mol. The van der Waals surface area contributed by atoms with Gasteiger partial charge < -0.3 is 10.3 Å². The molecule has 1 aromatic carbocycles. The van der Waals surface area contributed by atoms with Crippen LogP contribution in [0.5, 0.6) is 0 Å². The molecule has 2 aromatic rings. The number of hydrogen-bond donors (Lipinski definition) is 1. The van der Waals surface area contributed by atoms with Crippen molar-refractivity contribution in [3.05, 3.63) is 47.1 Å². The SMILES string of the molecule is CC(N)Cc1nc(Cc2ccc(C(F)(F)F)cc2)no1. The Morgan fingerprint density at radius 2 is 1.90 bits per heavy atom. The third kappa shape index (κ3) is 3.80. The van der Waals surface area contributed by atoms with Gasteiger partial charge in [-0.05, 0) is 24.6 Å². The van der Waals surface area contributed by atoms with Gasteiger partial charge in [-0.25, -0.2) is 0 Å². The van der Waals surface area contributed by atoms with E-state index in [4.69, 9.17) is 10.3 Å². The van der Waals surface area contributed by atoms with Crippen LogP contribution in [0.4, 0.5) is 13.2 Å². The molecule has 7 heteroatoms. The second kappa shape index (κ2) is 5.62. The highest BCUT2D eigenvalue weighted by Gasteiger charge is 2.29. The van der Waals surface area contributed by atoms with E-state index in [0.717, 1.165) is 12.1 Å². The first-order chi connectivity index (χ1) is 9.34. The van der Waals surface area contributed by atoms with Crippen molar-refractivity contribution < 1.29 is 17.7 Å². The Labute approximate surface area is 113 Å². The minimum atomic E-state index is -4.32. The average molecular weight is 285 g/mol. The van der Waals surface area contributed by atoms with E-state index < -0.39 is 11.7 Å². The first-order valence-electron chi connectivity index (χ1n) is 6.08. The van der Waals surface area contributed by atoms with Gasteiger partial charge in [-0.3, -0.25) is 0 Å². The molecule has 0 bridgehead atoms. The van der Waals surface area contributed by atoms with E-state index in [0.29, 0.717) is 30.1 Å². The summed E-state index contributed by atoms with van der Waals surface area (Å²) in [6.07, 6.45) is -3.53. The van der Waals surface area contributed by atoms with E-state index in [-0.39, 0.29) is 6.04 Å². The fraction of sp³-hybridized carbons (Fsp3) is 0.385. The Kier molecular flexibility index (Phi) is 4.08. The predicted octanol–water partition coefficient (Wildman–Crippen LogP) is 2.57. The van der Waals surface area contributed by atoms with Crippen molar-refractivity contribution in [3.63, 3.8) is 0 Å². The summed E-state index contributed by atoms with van der Waals surface area (Å²) in [4.78, 5) is 4.14. The van der Waals surface area contributed by atoms with Crippen molar-refractivity contribution in [1.82, 2.24) is 10.1 Å². The third-order valence-electron chi connectivity index (χ3n) is 2.65. The fourth-order valence-electron chi connectivity index (χ4n) is 1.71. The molecule has 4 nitrogen and oxygen atoms in total. The van der Waals surface area contributed by atoms with Crippen LogP contribution in [-0.2, 0) is 19.0 Å². The number of benzene rings is 1. The lowest BCUT2D eigenvalue weighted by molar-refractivity contribution is -0.137. The van der Waals surface area contributed by atoms with Gasteiger partial charge in [0.1, 0.15) is 0 Å². The van der Waals surface area contributed by atoms with Gasteiger partial charge in [0.05, 0.1) is 5.56 Å². The molecule has 0 fully saturated rings. The minimum Gasteiger partial charge on any atom is -0.339 e. The van der Waals surface area contributed by atoms with Crippen LogP contribution in [0.2, 0.25) is 0 Å². The van der Waals surface area contributed by atoms with Crippen molar-refractivity contribution in [2.45, 2.75) is 32.0 Å². The average Bonchev–Trinajstić information content (AvgIpc) is 2.75. The summed E-state index contributed by atoms with van der Waals surface area (Å²) < 4.78 is 42.3. The Hall–Kier alpha value is -1.89. The van der Waals surface area contributed by atoms with E-state index in [1.165, 1.54) is 12.1 Å². The van der Waals surface area contributed by atoms with Gasteiger partial charge in [-0.1, -0.05) is 17.3 Å². The van der Waals surface area contributed by atoms with Crippen molar-refractivity contribution in [2.24, 2.45) is 5.73 Å². The van der Waals surface area contributed by atoms with Gasteiger partial charge in [-0.15, -0.1) is 0 Å². The summed E-state index contributed by atoms with van der Waals surface area (Å²) >= 11 is 0. The van der Waals surface area contributed by atoms with Crippen LogP contribution < -0.4 is 5.73 Å². The first-order valence-corrected chi connectivity index (χ1v) is 6.08. The highest BCUT2D eigenvalue weighted by molar-refractivity contribution is 5.26. The molecule has 0 radical (unpaired) electrons. The molecule has 1 unspecified atom stereocenters. The molecule has 0 aliphatic heterocycles. The maximum atomic E-state index is 12.4. The molecule has 2 N–H and O–H groups in total. The number of hydrogen-bond acceptors (Lipinski definition) is 4. The van der Waals surface area contributed by atoms with Crippen molar-refractivity contribution in [2.75, 3.05) is 0 Å². The molecule has 0 aliphatic carbocycles. The van der Waals surface area contributed by atoms with Gasteiger partial charge >= 0.3 is 6.18 Å². The second-order valence-corrected chi connectivity index (χ2v) is 4.66. The smallest absolute Gasteiger partial charge is 0.339 e. The van der Waals surface area contributed by atoms with E-state index in [9.17, 15) is 13.2 Å². The number of nitrogens with zero attached hydrogens (tertiary/aromatic N) is 2. The van der Waals surface area contributed by atoms with E-state index in [2.05, 4.69) is 10.1 Å². The molecule has 0 spiro atoms. The van der Waals surface area contributed by atoms with Crippen LogP contribution in [0, 0.1) is 0 Å². The summed E-state index contributed by atoms with van der Waals surface area (Å²) in [6.45, 7) is 1.82. The molecule has 0 saturated heterocycles. The Balaban J connectivity index is 2.05. The molecule has 0 saturated carbocycles.